The van der Waals surface area contributed by atoms with Crippen molar-refractivity contribution in [1.82, 2.24) is 14.3 Å². The van der Waals surface area contributed by atoms with Gasteiger partial charge in [-0.05, 0) is 32.0 Å². The molecule has 3 heterocycles. The molecule has 4 nitrogen and oxygen atoms in total. The number of fused-ring (bicyclic) bond motifs is 1. The van der Waals surface area contributed by atoms with Crippen molar-refractivity contribution in [3.05, 3.63) is 41.5 Å². The van der Waals surface area contributed by atoms with E-state index >= 15 is 0 Å². The molecule has 3 aromatic rings. The Kier molecular flexibility index (Phi) is 3.16. The predicted octanol–water partition coefficient (Wildman–Crippen LogP) is 3.24. The van der Waals surface area contributed by atoms with E-state index in [-0.39, 0.29) is 0 Å². The molecule has 2 aromatic heterocycles. The number of hydrogen-bond donors (Lipinski definition) is 1. The standard InChI is InChI=1S/C16H18N4S/c17-14-6-2-1-5-13(14)15-10-20-12(11-21-16(20)18-15)9-19-7-3-4-8-19/h1-2,5-6,10-11H,3-4,7-9,17H2. The molecular formula is C16H18N4S. The van der Waals surface area contributed by atoms with Gasteiger partial charge in [0.15, 0.2) is 4.96 Å². The maximum atomic E-state index is 6.06. The van der Waals surface area contributed by atoms with Crippen molar-refractivity contribution in [3.8, 4) is 11.3 Å². The van der Waals surface area contributed by atoms with E-state index in [1.54, 1.807) is 11.3 Å². The first kappa shape index (κ1) is 12.9. The number of hydrogen-bond acceptors (Lipinski definition) is 4. The second kappa shape index (κ2) is 5.16. The van der Waals surface area contributed by atoms with Gasteiger partial charge in [-0.2, -0.15) is 0 Å². The molecule has 108 valence electrons. The Labute approximate surface area is 127 Å². The van der Waals surface area contributed by atoms with E-state index in [4.69, 9.17) is 10.7 Å². The van der Waals surface area contributed by atoms with Gasteiger partial charge in [-0.15, -0.1) is 11.3 Å². The lowest BCUT2D eigenvalue weighted by Gasteiger charge is -2.13. The summed E-state index contributed by atoms with van der Waals surface area (Å²) in [5, 5.41) is 2.22. The van der Waals surface area contributed by atoms with Crippen LogP contribution in [0.25, 0.3) is 16.2 Å². The first-order valence-corrected chi connectivity index (χ1v) is 8.22. The lowest BCUT2D eigenvalue weighted by atomic mass is 10.1. The van der Waals surface area contributed by atoms with E-state index in [1.807, 2.05) is 24.3 Å². The van der Waals surface area contributed by atoms with Crippen LogP contribution in [0.1, 0.15) is 18.5 Å². The Morgan fingerprint density at radius 3 is 2.81 bits per heavy atom. The number of thiazole rings is 1. The van der Waals surface area contributed by atoms with E-state index in [2.05, 4.69) is 20.9 Å². The van der Waals surface area contributed by atoms with Crippen LogP contribution < -0.4 is 5.73 Å². The molecule has 1 aliphatic rings. The molecule has 4 rings (SSSR count). The Morgan fingerprint density at radius 1 is 1.19 bits per heavy atom. The van der Waals surface area contributed by atoms with E-state index in [1.165, 1.54) is 31.6 Å². The van der Waals surface area contributed by atoms with Gasteiger partial charge in [0.05, 0.1) is 5.69 Å². The minimum atomic E-state index is 0.782. The number of benzene rings is 1. The Hall–Kier alpha value is -1.85. The second-order valence-electron chi connectivity index (χ2n) is 5.58. The normalized spacial score (nSPS) is 16.0. The topological polar surface area (TPSA) is 46.6 Å². The molecule has 0 bridgehead atoms. The SMILES string of the molecule is Nc1ccccc1-c1cn2c(CN3CCCC3)csc2n1. The van der Waals surface area contributed by atoms with Crippen LogP contribution in [0.3, 0.4) is 0 Å². The van der Waals surface area contributed by atoms with E-state index in [9.17, 15) is 0 Å². The van der Waals surface area contributed by atoms with Crippen molar-refractivity contribution in [2.75, 3.05) is 18.8 Å². The highest BCUT2D eigenvalue weighted by molar-refractivity contribution is 7.15. The molecule has 0 unspecified atom stereocenters. The fourth-order valence-corrected chi connectivity index (χ4v) is 3.84. The Morgan fingerprint density at radius 2 is 2.00 bits per heavy atom. The largest absolute Gasteiger partial charge is 0.398 e. The zero-order valence-electron chi connectivity index (χ0n) is 11.8. The minimum Gasteiger partial charge on any atom is -0.398 e. The average molecular weight is 298 g/mol. The van der Waals surface area contributed by atoms with Gasteiger partial charge in [0.25, 0.3) is 0 Å². The van der Waals surface area contributed by atoms with Crippen molar-refractivity contribution in [1.29, 1.82) is 0 Å². The van der Waals surface area contributed by atoms with Crippen molar-refractivity contribution >= 4 is 22.0 Å². The zero-order valence-corrected chi connectivity index (χ0v) is 12.6. The van der Waals surface area contributed by atoms with E-state index in [0.29, 0.717) is 0 Å². The third-order valence-corrected chi connectivity index (χ3v) is 4.99. The molecule has 0 amide bonds. The minimum absolute atomic E-state index is 0.782. The van der Waals surface area contributed by atoms with Crippen LogP contribution in [0.2, 0.25) is 0 Å². The second-order valence-corrected chi connectivity index (χ2v) is 6.41. The number of nitrogen functional groups attached to an aromatic ring is 1. The molecule has 1 aromatic carbocycles. The highest BCUT2D eigenvalue weighted by Gasteiger charge is 2.16. The summed E-state index contributed by atoms with van der Waals surface area (Å²) in [6, 6.07) is 7.91. The molecule has 1 aliphatic heterocycles. The molecule has 0 saturated carbocycles. The monoisotopic (exact) mass is 298 g/mol. The van der Waals surface area contributed by atoms with Crippen LogP contribution in [0, 0.1) is 0 Å². The molecular weight excluding hydrogens is 280 g/mol. The highest BCUT2D eigenvalue weighted by Crippen LogP contribution is 2.28. The predicted molar refractivity (Wildman–Crippen MR) is 87.4 cm³/mol. The number of aromatic nitrogens is 2. The lowest BCUT2D eigenvalue weighted by molar-refractivity contribution is 0.326. The number of anilines is 1. The van der Waals surface area contributed by atoms with Crippen molar-refractivity contribution in [2.45, 2.75) is 19.4 Å². The number of nitrogens with zero attached hydrogens (tertiary/aromatic N) is 3. The molecule has 5 heteroatoms. The van der Waals surface area contributed by atoms with Gasteiger partial charge in [-0.1, -0.05) is 18.2 Å². The summed E-state index contributed by atoms with van der Waals surface area (Å²) >= 11 is 1.70. The van der Waals surface area contributed by atoms with Crippen LogP contribution in [0.15, 0.2) is 35.8 Å². The first-order valence-electron chi connectivity index (χ1n) is 7.34. The summed E-state index contributed by atoms with van der Waals surface area (Å²) in [7, 11) is 0. The third kappa shape index (κ3) is 2.32. The maximum absolute atomic E-state index is 6.06. The summed E-state index contributed by atoms with van der Waals surface area (Å²) in [5.41, 5.74) is 10.1. The van der Waals surface area contributed by atoms with Crippen LogP contribution in [0.5, 0.6) is 0 Å². The molecule has 21 heavy (non-hydrogen) atoms. The molecule has 1 saturated heterocycles. The van der Waals surface area contributed by atoms with Crippen LogP contribution in [0.4, 0.5) is 5.69 Å². The summed E-state index contributed by atoms with van der Waals surface area (Å²) in [4.78, 5) is 8.28. The fraction of sp³-hybridized carbons (Fsp3) is 0.312. The van der Waals surface area contributed by atoms with Gasteiger partial charge in [-0.25, -0.2) is 4.98 Å². The maximum Gasteiger partial charge on any atom is 0.194 e. The van der Waals surface area contributed by atoms with Crippen molar-refractivity contribution in [3.63, 3.8) is 0 Å². The van der Waals surface area contributed by atoms with Crippen molar-refractivity contribution in [2.24, 2.45) is 0 Å². The summed E-state index contributed by atoms with van der Waals surface area (Å²) in [5.74, 6) is 0. The molecule has 0 spiro atoms. The quantitative estimate of drug-likeness (QED) is 0.755. The fourth-order valence-electron chi connectivity index (χ4n) is 2.97. The molecule has 1 fully saturated rings. The zero-order chi connectivity index (χ0) is 14.2. The van der Waals surface area contributed by atoms with Gasteiger partial charge in [0.2, 0.25) is 0 Å². The molecule has 2 N–H and O–H groups in total. The number of para-hydroxylation sites is 1. The summed E-state index contributed by atoms with van der Waals surface area (Å²) < 4.78 is 2.21. The first-order chi connectivity index (χ1) is 10.3. The number of nitrogens with two attached hydrogens (primary N) is 1. The molecule has 0 atom stereocenters. The number of imidazole rings is 1. The lowest BCUT2D eigenvalue weighted by Crippen LogP contribution is -2.19. The molecule has 0 aliphatic carbocycles. The average Bonchev–Trinajstić information content (AvgIpc) is 3.18. The number of rotatable bonds is 3. The highest BCUT2D eigenvalue weighted by atomic mass is 32.1. The van der Waals surface area contributed by atoms with Gasteiger partial charge < -0.3 is 5.73 Å². The van der Waals surface area contributed by atoms with Gasteiger partial charge in [0, 0.05) is 35.1 Å². The Bertz CT molecular complexity index is 768. The van der Waals surface area contributed by atoms with Crippen LogP contribution in [-0.2, 0) is 6.54 Å². The van der Waals surface area contributed by atoms with Crippen LogP contribution >= 0.6 is 11.3 Å². The number of likely N-dealkylation sites (tertiary alicyclic amines) is 1. The van der Waals surface area contributed by atoms with Crippen molar-refractivity contribution < 1.29 is 0 Å². The summed E-state index contributed by atoms with van der Waals surface area (Å²) in [6.45, 7) is 3.44. The van der Waals surface area contributed by atoms with Gasteiger partial charge >= 0.3 is 0 Å². The van der Waals surface area contributed by atoms with E-state index < -0.39 is 0 Å². The smallest absolute Gasteiger partial charge is 0.194 e. The Balaban J connectivity index is 1.70. The van der Waals surface area contributed by atoms with Gasteiger partial charge in [-0.3, -0.25) is 9.30 Å². The molecule has 0 radical (unpaired) electrons. The third-order valence-electron chi connectivity index (χ3n) is 4.10. The van der Waals surface area contributed by atoms with Gasteiger partial charge in [0.1, 0.15) is 0 Å². The van der Waals surface area contributed by atoms with E-state index in [0.717, 1.165) is 28.5 Å². The van der Waals surface area contributed by atoms with Crippen LogP contribution in [-0.4, -0.2) is 27.4 Å². The summed E-state index contributed by atoms with van der Waals surface area (Å²) in [6.07, 6.45) is 4.76.